The van der Waals surface area contributed by atoms with Gasteiger partial charge in [0.25, 0.3) is 0 Å². The summed E-state index contributed by atoms with van der Waals surface area (Å²) < 4.78 is 5.93. The number of benzene rings is 1. The van der Waals surface area contributed by atoms with Crippen LogP contribution in [0.15, 0.2) is 12.1 Å². The van der Waals surface area contributed by atoms with E-state index in [9.17, 15) is 5.11 Å². The molecule has 0 aliphatic carbocycles. The van der Waals surface area contributed by atoms with Crippen molar-refractivity contribution in [3.05, 3.63) is 28.8 Å². The van der Waals surface area contributed by atoms with Crippen molar-refractivity contribution in [3.63, 3.8) is 0 Å². The zero-order valence-corrected chi connectivity index (χ0v) is 12.8. The molecule has 0 radical (unpaired) electrons. The molecule has 1 aromatic carbocycles. The summed E-state index contributed by atoms with van der Waals surface area (Å²) >= 11 is 0. The molecule has 0 aromatic heterocycles. The molecule has 0 saturated carbocycles. The molecule has 3 nitrogen and oxygen atoms in total. The second-order valence-electron chi connectivity index (χ2n) is 5.64. The summed E-state index contributed by atoms with van der Waals surface area (Å²) in [5.74, 6) is 0.912. The van der Waals surface area contributed by atoms with Gasteiger partial charge in [0.05, 0.1) is 12.1 Å². The first-order valence-electron chi connectivity index (χ1n) is 6.98. The molecule has 108 valence electrons. The van der Waals surface area contributed by atoms with E-state index in [1.54, 1.807) is 0 Å². The van der Waals surface area contributed by atoms with Crippen LogP contribution >= 0.6 is 0 Å². The van der Waals surface area contributed by atoms with Crippen molar-refractivity contribution in [2.24, 2.45) is 0 Å². The lowest BCUT2D eigenvalue weighted by molar-refractivity contribution is 0.115. The first-order chi connectivity index (χ1) is 8.91. The van der Waals surface area contributed by atoms with Crippen LogP contribution in [-0.2, 0) is 0 Å². The van der Waals surface area contributed by atoms with E-state index in [1.807, 2.05) is 6.92 Å². The minimum atomic E-state index is -0.389. The van der Waals surface area contributed by atoms with E-state index >= 15 is 0 Å². The Hall–Kier alpha value is -1.06. The summed E-state index contributed by atoms with van der Waals surface area (Å²) in [7, 11) is 0. The van der Waals surface area contributed by atoms with Gasteiger partial charge in [-0.15, -0.1) is 0 Å². The van der Waals surface area contributed by atoms with E-state index in [4.69, 9.17) is 4.74 Å². The number of rotatable bonds is 7. The van der Waals surface area contributed by atoms with Gasteiger partial charge in [0.15, 0.2) is 0 Å². The number of aliphatic hydroxyl groups excluding tert-OH is 1. The fourth-order valence-corrected chi connectivity index (χ4v) is 1.97. The Morgan fingerprint density at radius 2 is 1.95 bits per heavy atom. The average molecular weight is 265 g/mol. The largest absolute Gasteiger partial charge is 0.491 e. The van der Waals surface area contributed by atoms with Crippen LogP contribution in [0.4, 0.5) is 0 Å². The van der Waals surface area contributed by atoms with Crippen LogP contribution in [-0.4, -0.2) is 30.4 Å². The first kappa shape index (κ1) is 16.0. The van der Waals surface area contributed by atoms with Gasteiger partial charge in [-0.25, -0.2) is 0 Å². The van der Waals surface area contributed by atoms with Gasteiger partial charge in [0, 0.05) is 0 Å². The molecule has 0 aliphatic rings. The maximum atomic E-state index is 9.53. The summed E-state index contributed by atoms with van der Waals surface area (Å²) in [4.78, 5) is 0. The summed E-state index contributed by atoms with van der Waals surface area (Å²) in [5, 5.41) is 12.9. The standard InChI is InChI=1S/C16H27NO2/c1-6-7-17-16(5,10-18)11-19-15-9-12(2)8-13(3)14(15)4/h8-9,17-18H,6-7,10-11H2,1-5H3. The zero-order chi connectivity index (χ0) is 14.5. The van der Waals surface area contributed by atoms with Crippen LogP contribution in [0.3, 0.4) is 0 Å². The van der Waals surface area contributed by atoms with Gasteiger partial charge in [-0.2, -0.15) is 0 Å². The third-order valence-electron chi connectivity index (χ3n) is 3.46. The third-order valence-corrected chi connectivity index (χ3v) is 3.46. The molecule has 0 amide bonds. The van der Waals surface area contributed by atoms with Crippen molar-refractivity contribution in [3.8, 4) is 5.75 Å². The van der Waals surface area contributed by atoms with Gasteiger partial charge in [-0.05, 0) is 63.4 Å². The van der Waals surface area contributed by atoms with Gasteiger partial charge in [0.2, 0.25) is 0 Å². The fourth-order valence-electron chi connectivity index (χ4n) is 1.97. The van der Waals surface area contributed by atoms with Crippen molar-refractivity contribution in [2.75, 3.05) is 19.8 Å². The number of aliphatic hydroxyl groups is 1. The lowest BCUT2D eigenvalue weighted by Crippen LogP contribution is -2.50. The van der Waals surface area contributed by atoms with Crippen molar-refractivity contribution in [2.45, 2.75) is 46.6 Å². The zero-order valence-electron chi connectivity index (χ0n) is 12.8. The summed E-state index contributed by atoms with van der Waals surface area (Å²) in [6.45, 7) is 11.7. The predicted molar refractivity (Wildman–Crippen MR) is 79.9 cm³/mol. The lowest BCUT2D eigenvalue weighted by Gasteiger charge is -2.29. The van der Waals surface area contributed by atoms with E-state index in [-0.39, 0.29) is 12.1 Å². The average Bonchev–Trinajstić information content (AvgIpc) is 2.39. The molecule has 0 aliphatic heterocycles. The van der Waals surface area contributed by atoms with E-state index in [1.165, 1.54) is 16.7 Å². The summed E-state index contributed by atoms with van der Waals surface area (Å²) in [5.41, 5.74) is 3.22. The Balaban J connectivity index is 2.74. The smallest absolute Gasteiger partial charge is 0.122 e. The van der Waals surface area contributed by atoms with Gasteiger partial charge < -0.3 is 15.2 Å². The third kappa shape index (κ3) is 4.51. The minimum absolute atomic E-state index is 0.0663. The Morgan fingerprint density at radius 1 is 1.26 bits per heavy atom. The normalized spacial score (nSPS) is 14.2. The minimum Gasteiger partial charge on any atom is -0.491 e. The van der Waals surface area contributed by atoms with Crippen LogP contribution in [0.2, 0.25) is 0 Å². The highest BCUT2D eigenvalue weighted by atomic mass is 16.5. The number of ether oxygens (including phenoxy) is 1. The highest BCUT2D eigenvalue weighted by Crippen LogP contribution is 2.24. The van der Waals surface area contributed by atoms with Crippen LogP contribution in [0.1, 0.15) is 37.0 Å². The molecule has 0 fully saturated rings. The van der Waals surface area contributed by atoms with Crippen molar-refractivity contribution >= 4 is 0 Å². The molecule has 1 rings (SSSR count). The highest BCUT2D eigenvalue weighted by Gasteiger charge is 2.23. The molecule has 19 heavy (non-hydrogen) atoms. The van der Waals surface area contributed by atoms with Crippen molar-refractivity contribution < 1.29 is 9.84 Å². The molecule has 0 saturated heterocycles. The molecular weight excluding hydrogens is 238 g/mol. The molecule has 2 N–H and O–H groups in total. The Labute approximate surface area is 117 Å². The van der Waals surface area contributed by atoms with Gasteiger partial charge in [-0.1, -0.05) is 13.0 Å². The fraction of sp³-hybridized carbons (Fsp3) is 0.625. The topological polar surface area (TPSA) is 41.5 Å². The van der Waals surface area contributed by atoms with Crippen LogP contribution in [0, 0.1) is 20.8 Å². The molecule has 0 heterocycles. The molecule has 3 heteroatoms. The van der Waals surface area contributed by atoms with Gasteiger partial charge in [0.1, 0.15) is 12.4 Å². The van der Waals surface area contributed by atoms with Crippen LogP contribution in [0.25, 0.3) is 0 Å². The number of nitrogens with one attached hydrogen (secondary N) is 1. The summed E-state index contributed by atoms with van der Waals surface area (Å²) in [6, 6.07) is 4.21. The number of hydrogen-bond acceptors (Lipinski definition) is 3. The van der Waals surface area contributed by atoms with Gasteiger partial charge in [-0.3, -0.25) is 0 Å². The van der Waals surface area contributed by atoms with E-state index in [2.05, 4.69) is 45.1 Å². The van der Waals surface area contributed by atoms with Crippen LogP contribution in [0.5, 0.6) is 5.75 Å². The number of hydrogen-bond donors (Lipinski definition) is 2. The SMILES string of the molecule is CCCNC(C)(CO)COc1cc(C)cc(C)c1C. The van der Waals surface area contributed by atoms with E-state index in [0.29, 0.717) is 6.61 Å². The molecule has 1 aromatic rings. The van der Waals surface area contributed by atoms with E-state index < -0.39 is 0 Å². The Kier molecular flexibility index (Phi) is 5.83. The maximum Gasteiger partial charge on any atom is 0.122 e. The Bertz CT molecular complexity index is 417. The first-order valence-corrected chi connectivity index (χ1v) is 6.98. The van der Waals surface area contributed by atoms with Gasteiger partial charge >= 0.3 is 0 Å². The van der Waals surface area contributed by atoms with Crippen molar-refractivity contribution in [1.82, 2.24) is 5.32 Å². The molecule has 1 atom stereocenters. The summed E-state index contributed by atoms with van der Waals surface area (Å²) in [6.07, 6.45) is 1.04. The maximum absolute atomic E-state index is 9.53. The Morgan fingerprint density at radius 3 is 2.53 bits per heavy atom. The van der Waals surface area contributed by atoms with Crippen molar-refractivity contribution in [1.29, 1.82) is 0 Å². The second-order valence-corrected chi connectivity index (χ2v) is 5.64. The van der Waals surface area contributed by atoms with E-state index in [0.717, 1.165) is 18.7 Å². The lowest BCUT2D eigenvalue weighted by atomic mass is 10.0. The van der Waals surface area contributed by atoms with Crippen LogP contribution < -0.4 is 10.1 Å². The second kappa shape index (κ2) is 6.92. The predicted octanol–water partition coefficient (Wildman–Crippen LogP) is 2.74. The molecule has 0 spiro atoms. The monoisotopic (exact) mass is 265 g/mol. The highest BCUT2D eigenvalue weighted by molar-refractivity contribution is 5.42. The molecule has 1 unspecified atom stereocenters. The number of aryl methyl sites for hydroxylation is 2. The molecular formula is C16H27NO2. The molecule has 0 bridgehead atoms. The quantitative estimate of drug-likeness (QED) is 0.796.